The topological polar surface area (TPSA) is 38.8 Å². The standard InChI is InChI=1S/C17H19NO3/c1-13(17(19)18-8-10-20-11-9-18)21-16-7-6-14-4-2-3-5-15(14)12-16/h2-7,12-13H,8-11H2,1H3. The Balaban J connectivity index is 1.70. The van der Waals surface area contributed by atoms with Crippen LogP contribution in [0.2, 0.25) is 0 Å². The third-order valence-electron chi connectivity index (χ3n) is 3.70. The van der Waals surface area contributed by atoms with E-state index in [0.717, 1.165) is 16.5 Å². The molecule has 1 aliphatic rings. The first kappa shape index (κ1) is 13.9. The zero-order valence-corrected chi connectivity index (χ0v) is 12.1. The Kier molecular flexibility index (Phi) is 4.06. The van der Waals surface area contributed by atoms with Gasteiger partial charge in [0.1, 0.15) is 5.75 Å². The van der Waals surface area contributed by atoms with E-state index in [9.17, 15) is 4.79 Å². The molecule has 110 valence electrons. The second-order valence-electron chi connectivity index (χ2n) is 5.21. The van der Waals surface area contributed by atoms with E-state index in [1.54, 1.807) is 11.8 Å². The lowest BCUT2D eigenvalue weighted by atomic mass is 10.1. The maximum Gasteiger partial charge on any atom is 0.263 e. The van der Waals surface area contributed by atoms with E-state index in [0.29, 0.717) is 26.3 Å². The molecule has 1 atom stereocenters. The molecule has 0 bridgehead atoms. The Morgan fingerprint density at radius 3 is 2.62 bits per heavy atom. The van der Waals surface area contributed by atoms with Crippen molar-refractivity contribution >= 4 is 16.7 Å². The van der Waals surface area contributed by atoms with Gasteiger partial charge in [-0.1, -0.05) is 30.3 Å². The average molecular weight is 285 g/mol. The lowest BCUT2D eigenvalue weighted by Crippen LogP contribution is -2.46. The summed E-state index contributed by atoms with van der Waals surface area (Å²) in [7, 11) is 0. The van der Waals surface area contributed by atoms with Gasteiger partial charge in [-0.2, -0.15) is 0 Å². The van der Waals surface area contributed by atoms with E-state index in [4.69, 9.17) is 9.47 Å². The smallest absolute Gasteiger partial charge is 0.263 e. The number of rotatable bonds is 3. The van der Waals surface area contributed by atoms with E-state index >= 15 is 0 Å². The van der Waals surface area contributed by atoms with Crippen LogP contribution in [0.3, 0.4) is 0 Å². The highest BCUT2D eigenvalue weighted by Gasteiger charge is 2.23. The number of carbonyl (C=O) groups excluding carboxylic acids is 1. The summed E-state index contributed by atoms with van der Waals surface area (Å²) in [5, 5.41) is 2.28. The van der Waals surface area contributed by atoms with Gasteiger partial charge in [-0.25, -0.2) is 0 Å². The van der Waals surface area contributed by atoms with E-state index in [-0.39, 0.29) is 5.91 Å². The number of nitrogens with zero attached hydrogens (tertiary/aromatic N) is 1. The quantitative estimate of drug-likeness (QED) is 0.869. The molecule has 2 aromatic rings. The normalized spacial score (nSPS) is 16.7. The van der Waals surface area contributed by atoms with Crippen molar-refractivity contribution in [2.24, 2.45) is 0 Å². The molecule has 1 aliphatic heterocycles. The SMILES string of the molecule is CC(Oc1ccc2ccccc2c1)C(=O)N1CCOCC1. The molecule has 0 aromatic heterocycles. The van der Waals surface area contributed by atoms with Crippen LogP contribution in [0.15, 0.2) is 42.5 Å². The monoisotopic (exact) mass is 285 g/mol. The zero-order chi connectivity index (χ0) is 14.7. The number of hydrogen-bond donors (Lipinski definition) is 0. The highest BCUT2D eigenvalue weighted by molar-refractivity contribution is 5.84. The van der Waals surface area contributed by atoms with Gasteiger partial charge in [-0.3, -0.25) is 4.79 Å². The third-order valence-corrected chi connectivity index (χ3v) is 3.70. The Hall–Kier alpha value is -2.07. The second kappa shape index (κ2) is 6.14. The fourth-order valence-corrected chi connectivity index (χ4v) is 2.54. The molecule has 2 aromatic carbocycles. The summed E-state index contributed by atoms with van der Waals surface area (Å²) < 4.78 is 11.1. The fourth-order valence-electron chi connectivity index (χ4n) is 2.54. The van der Waals surface area contributed by atoms with Gasteiger partial charge in [0, 0.05) is 13.1 Å². The molecule has 4 heteroatoms. The minimum atomic E-state index is -0.482. The summed E-state index contributed by atoms with van der Waals surface area (Å²) in [4.78, 5) is 14.1. The Bertz CT molecular complexity index is 635. The molecule has 0 N–H and O–H groups in total. The average Bonchev–Trinajstić information content (AvgIpc) is 2.55. The predicted octanol–water partition coefficient (Wildman–Crippen LogP) is 2.47. The van der Waals surface area contributed by atoms with Crippen molar-refractivity contribution in [3.63, 3.8) is 0 Å². The molecule has 0 radical (unpaired) electrons. The lowest BCUT2D eigenvalue weighted by molar-refractivity contribution is -0.142. The van der Waals surface area contributed by atoms with Crippen LogP contribution in [0.25, 0.3) is 10.8 Å². The maximum absolute atomic E-state index is 12.3. The second-order valence-corrected chi connectivity index (χ2v) is 5.21. The number of ether oxygens (including phenoxy) is 2. The summed E-state index contributed by atoms with van der Waals surface area (Å²) in [6, 6.07) is 14.0. The number of amides is 1. The van der Waals surface area contributed by atoms with Gasteiger partial charge in [-0.05, 0) is 29.8 Å². The minimum Gasteiger partial charge on any atom is -0.481 e. The van der Waals surface area contributed by atoms with Gasteiger partial charge >= 0.3 is 0 Å². The van der Waals surface area contributed by atoms with Crippen LogP contribution in [0.4, 0.5) is 0 Å². The van der Waals surface area contributed by atoms with Crippen LogP contribution in [-0.4, -0.2) is 43.2 Å². The molecule has 1 amide bonds. The van der Waals surface area contributed by atoms with Crippen LogP contribution >= 0.6 is 0 Å². The first-order chi connectivity index (χ1) is 10.2. The first-order valence-electron chi connectivity index (χ1n) is 7.26. The van der Waals surface area contributed by atoms with Gasteiger partial charge in [0.2, 0.25) is 0 Å². The molecule has 0 aliphatic carbocycles. The summed E-state index contributed by atoms with van der Waals surface area (Å²) in [6.07, 6.45) is -0.482. The molecule has 1 saturated heterocycles. The molecular weight excluding hydrogens is 266 g/mol. The van der Waals surface area contributed by atoms with Gasteiger partial charge in [0.25, 0.3) is 5.91 Å². The molecule has 1 heterocycles. The Labute approximate surface area is 124 Å². The number of carbonyl (C=O) groups is 1. The Morgan fingerprint density at radius 1 is 1.14 bits per heavy atom. The summed E-state index contributed by atoms with van der Waals surface area (Å²) >= 11 is 0. The molecule has 1 unspecified atom stereocenters. The van der Waals surface area contributed by atoms with Crippen LogP contribution < -0.4 is 4.74 Å². The van der Waals surface area contributed by atoms with E-state index < -0.39 is 6.10 Å². The largest absolute Gasteiger partial charge is 0.481 e. The summed E-state index contributed by atoms with van der Waals surface area (Å²) in [5.41, 5.74) is 0. The zero-order valence-electron chi connectivity index (χ0n) is 12.1. The van der Waals surface area contributed by atoms with Crippen LogP contribution in [0.5, 0.6) is 5.75 Å². The van der Waals surface area contributed by atoms with Gasteiger partial charge in [0.05, 0.1) is 13.2 Å². The van der Waals surface area contributed by atoms with Crippen molar-refractivity contribution in [2.75, 3.05) is 26.3 Å². The van der Waals surface area contributed by atoms with Crippen molar-refractivity contribution in [3.8, 4) is 5.75 Å². The molecule has 3 rings (SSSR count). The van der Waals surface area contributed by atoms with Gasteiger partial charge in [-0.15, -0.1) is 0 Å². The minimum absolute atomic E-state index is 0.0199. The Morgan fingerprint density at radius 2 is 1.86 bits per heavy atom. The highest BCUT2D eigenvalue weighted by atomic mass is 16.5. The lowest BCUT2D eigenvalue weighted by Gasteiger charge is -2.29. The maximum atomic E-state index is 12.3. The first-order valence-corrected chi connectivity index (χ1v) is 7.26. The predicted molar refractivity (Wildman–Crippen MR) is 81.4 cm³/mol. The van der Waals surface area contributed by atoms with Gasteiger partial charge < -0.3 is 14.4 Å². The van der Waals surface area contributed by atoms with Crippen LogP contribution in [0, 0.1) is 0 Å². The van der Waals surface area contributed by atoms with Crippen LogP contribution in [0.1, 0.15) is 6.92 Å². The molecule has 0 spiro atoms. The molecule has 1 fully saturated rings. The van der Waals surface area contributed by atoms with Crippen molar-refractivity contribution < 1.29 is 14.3 Å². The van der Waals surface area contributed by atoms with Gasteiger partial charge in [0.15, 0.2) is 6.10 Å². The summed E-state index contributed by atoms with van der Waals surface area (Å²) in [5.74, 6) is 0.745. The highest BCUT2D eigenvalue weighted by Crippen LogP contribution is 2.21. The van der Waals surface area contributed by atoms with E-state index in [1.807, 2.05) is 36.4 Å². The molecule has 21 heavy (non-hydrogen) atoms. The number of benzene rings is 2. The molecule has 0 saturated carbocycles. The van der Waals surface area contributed by atoms with E-state index in [2.05, 4.69) is 6.07 Å². The van der Waals surface area contributed by atoms with Crippen molar-refractivity contribution in [3.05, 3.63) is 42.5 Å². The van der Waals surface area contributed by atoms with Crippen molar-refractivity contribution in [1.82, 2.24) is 4.90 Å². The molecular formula is C17H19NO3. The van der Waals surface area contributed by atoms with Crippen molar-refractivity contribution in [2.45, 2.75) is 13.0 Å². The van der Waals surface area contributed by atoms with Crippen molar-refractivity contribution in [1.29, 1.82) is 0 Å². The number of fused-ring (bicyclic) bond motifs is 1. The van der Waals surface area contributed by atoms with Crippen LogP contribution in [-0.2, 0) is 9.53 Å². The number of morpholine rings is 1. The fraction of sp³-hybridized carbons (Fsp3) is 0.353. The molecule has 4 nitrogen and oxygen atoms in total. The third kappa shape index (κ3) is 3.16. The number of hydrogen-bond acceptors (Lipinski definition) is 3. The summed E-state index contributed by atoms with van der Waals surface area (Å²) in [6.45, 7) is 4.30. The van der Waals surface area contributed by atoms with E-state index in [1.165, 1.54) is 0 Å².